The maximum atomic E-state index is 13.9. The van der Waals surface area contributed by atoms with Crippen LogP contribution in [-0.2, 0) is 0 Å². The molecule has 3 aliphatic rings. The minimum absolute atomic E-state index is 0.201. The van der Waals surface area contributed by atoms with Crippen molar-refractivity contribution in [2.75, 3.05) is 0 Å². The van der Waals surface area contributed by atoms with E-state index in [0.29, 0.717) is 23.7 Å². The van der Waals surface area contributed by atoms with Gasteiger partial charge in [0.05, 0.1) is 6.10 Å². The second-order valence-corrected chi connectivity index (χ2v) is 11.1. The summed E-state index contributed by atoms with van der Waals surface area (Å²) in [7, 11) is 0. The van der Waals surface area contributed by atoms with Gasteiger partial charge in [-0.2, -0.15) is 0 Å². The molecule has 0 aromatic carbocycles. The van der Waals surface area contributed by atoms with Gasteiger partial charge in [0.1, 0.15) is 5.67 Å². The fraction of sp³-hybridized carbons (Fsp3) is 0.778. The molecule has 0 unspecified atom stereocenters. The van der Waals surface area contributed by atoms with Crippen molar-refractivity contribution in [1.29, 1.82) is 0 Å². The van der Waals surface area contributed by atoms with Crippen LogP contribution in [0.2, 0.25) is 0 Å². The highest BCUT2D eigenvalue weighted by molar-refractivity contribution is 5.36. The average molecular weight is 403 g/mol. The lowest BCUT2D eigenvalue weighted by molar-refractivity contribution is 0.0904. The first kappa shape index (κ1) is 22.8. The van der Waals surface area contributed by atoms with E-state index in [1.165, 1.54) is 43.3 Å². The number of aliphatic hydroxyl groups excluding tert-OH is 1. The molecule has 1 nitrogen and oxygen atoms in total. The molecule has 3 aliphatic carbocycles. The second kappa shape index (κ2) is 9.08. The summed E-state index contributed by atoms with van der Waals surface area (Å²) in [5.41, 5.74) is 3.45. The summed E-state index contributed by atoms with van der Waals surface area (Å²) in [6.07, 6.45) is 16.3. The number of fused-ring (bicyclic) bond motifs is 1. The summed E-state index contributed by atoms with van der Waals surface area (Å²) in [6, 6.07) is 0. The molecular formula is C27H43FO. The van der Waals surface area contributed by atoms with E-state index in [2.05, 4.69) is 32.6 Å². The van der Waals surface area contributed by atoms with Gasteiger partial charge >= 0.3 is 0 Å². The zero-order chi connectivity index (χ0) is 21.2. The van der Waals surface area contributed by atoms with Crippen molar-refractivity contribution in [3.63, 3.8) is 0 Å². The molecule has 0 heterocycles. The Hall–Kier alpha value is -0.890. The molecule has 164 valence electrons. The highest BCUT2D eigenvalue weighted by atomic mass is 19.1. The molecule has 0 bridgehead atoms. The Morgan fingerprint density at radius 2 is 2.00 bits per heavy atom. The normalized spacial score (nSPS) is 37.2. The molecule has 0 amide bonds. The Labute approximate surface area is 178 Å². The summed E-state index contributed by atoms with van der Waals surface area (Å²) in [5.74, 6) is 2.14. The van der Waals surface area contributed by atoms with E-state index < -0.39 is 5.67 Å². The maximum Gasteiger partial charge on any atom is 0.105 e. The van der Waals surface area contributed by atoms with E-state index in [1.54, 1.807) is 19.4 Å². The average Bonchev–Trinajstić information content (AvgIpc) is 2.99. The van der Waals surface area contributed by atoms with Crippen LogP contribution >= 0.6 is 0 Å². The zero-order valence-electron chi connectivity index (χ0n) is 19.3. The van der Waals surface area contributed by atoms with E-state index in [4.69, 9.17) is 0 Å². The molecule has 3 rings (SSSR count). The Morgan fingerprint density at radius 3 is 2.72 bits per heavy atom. The summed E-state index contributed by atoms with van der Waals surface area (Å²) in [4.78, 5) is 0. The van der Waals surface area contributed by atoms with Crippen molar-refractivity contribution in [3.05, 3.63) is 35.5 Å². The van der Waals surface area contributed by atoms with Gasteiger partial charge in [0, 0.05) is 0 Å². The molecular weight excluding hydrogens is 359 g/mol. The number of halogens is 1. The number of rotatable bonds is 6. The van der Waals surface area contributed by atoms with Gasteiger partial charge in [-0.3, -0.25) is 0 Å². The summed E-state index contributed by atoms with van der Waals surface area (Å²) < 4.78 is 13.9. The first-order valence-electron chi connectivity index (χ1n) is 12.0. The van der Waals surface area contributed by atoms with Gasteiger partial charge in [-0.15, -0.1) is 0 Å². The topological polar surface area (TPSA) is 20.2 Å². The Morgan fingerprint density at radius 1 is 1.24 bits per heavy atom. The molecule has 3 fully saturated rings. The number of aliphatic hydroxyl groups is 1. The van der Waals surface area contributed by atoms with Crippen molar-refractivity contribution in [1.82, 2.24) is 0 Å². The first-order chi connectivity index (χ1) is 13.6. The van der Waals surface area contributed by atoms with E-state index >= 15 is 0 Å². The molecule has 5 atom stereocenters. The van der Waals surface area contributed by atoms with Crippen LogP contribution in [-0.4, -0.2) is 16.9 Å². The predicted octanol–water partition coefficient (Wildman–Crippen LogP) is 7.71. The highest BCUT2D eigenvalue weighted by Crippen LogP contribution is 2.60. The molecule has 29 heavy (non-hydrogen) atoms. The fourth-order valence-electron chi connectivity index (χ4n) is 6.66. The predicted molar refractivity (Wildman–Crippen MR) is 122 cm³/mol. The molecule has 2 heteroatoms. The lowest BCUT2D eigenvalue weighted by Gasteiger charge is -2.44. The van der Waals surface area contributed by atoms with E-state index in [-0.39, 0.29) is 6.10 Å². The van der Waals surface area contributed by atoms with Crippen molar-refractivity contribution in [3.8, 4) is 0 Å². The van der Waals surface area contributed by atoms with Crippen LogP contribution < -0.4 is 0 Å². The number of hydrogen-bond donors (Lipinski definition) is 1. The van der Waals surface area contributed by atoms with Crippen molar-refractivity contribution in [2.45, 2.75) is 110 Å². The molecule has 0 saturated heterocycles. The van der Waals surface area contributed by atoms with E-state index in [9.17, 15) is 9.50 Å². The third-order valence-corrected chi connectivity index (χ3v) is 8.34. The van der Waals surface area contributed by atoms with Crippen LogP contribution in [0, 0.1) is 23.2 Å². The smallest absolute Gasteiger partial charge is 0.105 e. The largest absolute Gasteiger partial charge is 0.393 e. The lowest BCUT2D eigenvalue weighted by atomic mass is 9.60. The van der Waals surface area contributed by atoms with Crippen LogP contribution in [0.4, 0.5) is 4.39 Å². The van der Waals surface area contributed by atoms with Gasteiger partial charge in [0.2, 0.25) is 0 Å². The van der Waals surface area contributed by atoms with Gasteiger partial charge in [-0.25, -0.2) is 4.39 Å². The molecule has 0 spiro atoms. The molecule has 0 aromatic heterocycles. The zero-order valence-corrected chi connectivity index (χ0v) is 19.3. The number of hydrogen-bond acceptors (Lipinski definition) is 1. The van der Waals surface area contributed by atoms with Crippen molar-refractivity contribution >= 4 is 0 Å². The van der Waals surface area contributed by atoms with Crippen LogP contribution in [0.3, 0.4) is 0 Å². The van der Waals surface area contributed by atoms with E-state index in [0.717, 1.165) is 38.0 Å². The molecule has 3 saturated carbocycles. The van der Waals surface area contributed by atoms with Gasteiger partial charge < -0.3 is 5.11 Å². The number of allylic oxidation sites excluding steroid dienone is 4. The monoisotopic (exact) mass is 402 g/mol. The molecule has 0 radical (unpaired) electrons. The third-order valence-electron chi connectivity index (χ3n) is 8.34. The quantitative estimate of drug-likeness (QED) is 0.482. The summed E-state index contributed by atoms with van der Waals surface area (Å²) in [5, 5.41) is 10.0. The minimum atomic E-state index is -1.03. The highest BCUT2D eigenvalue weighted by Gasteiger charge is 2.50. The van der Waals surface area contributed by atoms with Gasteiger partial charge in [0.25, 0.3) is 0 Å². The molecule has 0 aromatic rings. The Bertz CT molecular complexity index is 652. The third kappa shape index (κ3) is 5.43. The van der Waals surface area contributed by atoms with Crippen LogP contribution in [0.15, 0.2) is 35.5 Å². The van der Waals surface area contributed by atoms with Crippen LogP contribution in [0.25, 0.3) is 0 Å². The maximum absolute atomic E-state index is 13.9. The van der Waals surface area contributed by atoms with Crippen LogP contribution in [0.5, 0.6) is 0 Å². The van der Waals surface area contributed by atoms with Gasteiger partial charge in [0.15, 0.2) is 0 Å². The van der Waals surface area contributed by atoms with Crippen molar-refractivity contribution < 1.29 is 9.50 Å². The van der Waals surface area contributed by atoms with Gasteiger partial charge in [-0.1, -0.05) is 56.6 Å². The van der Waals surface area contributed by atoms with E-state index in [1.807, 2.05) is 0 Å². The Kier molecular flexibility index (Phi) is 7.14. The first-order valence-corrected chi connectivity index (χ1v) is 12.0. The Balaban J connectivity index is 1.68. The summed E-state index contributed by atoms with van der Waals surface area (Å²) >= 11 is 0. The van der Waals surface area contributed by atoms with Gasteiger partial charge in [-0.05, 0) is 100 Å². The second-order valence-electron chi connectivity index (χ2n) is 11.1. The molecule has 0 aliphatic heterocycles. The SMILES string of the molecule is C=C1CC[C@H](O)C/C1=C\C=C1/CCC[C@]2(C)[C@@H]([C@H](C)CCCC(C)(C)F)CC[C@@H]12. The fourth-order valence-corrected chi connectivity index (χ4v) is 6.66. The molecule has 1 N–H and O–H groups in total. The minimum Gasteiger partial charge on any atom is -0.393 e. The standard InChI is InChI=1S/C27H43FO/c1-19-10-13-23(29)18-22(19)12-11-21-9-7-17-27(5)24(14-15-25(21)27)20(2)8-6-16-26(3,4)28/h11-12,20,23-25,29H,1,6-10,13-18H2,2-5H3/b21-11+,22-12+/t20-,23+,24-,25+,27-/m1/s1. The van der Waals surface area contributed by atoms with Crippen LogP contribution in [0.1, 0.15) is 98.3 Å². The summed E-state index contributed by atoms with van der Waals surface area (Å²) in [6.45, 7) is 12.6. The van der Waals surface area contributed by atoms with Crippen molar-refractivity contribution in [2.24, 2.45) is 23.2 Å². The lowest BCUT2D eigenvalue weighted by Crippen LogP contribution is -2.36. The number of alkyl halides is 1.